The standard InChI is InChI=1S/C17H25N3O2/c1-15(21)20-11-12-22-17(14-20)13-18-7-9-19(10-8-18)16-5-3-2-4-6-16/h2-6,17H,7-14H2,1H3. The molecule has 0 spiro atoms. The first kappa shape index (κ1) is 15.3. The summed E-state index contributed by atoms with van der Waals surface area (Å²) in [4.78, 5) is 18.3. The summed E-state index contributed by atoms with van der Waals surface area (Å²) in [6.45, 7) is 8.88. The zero-order valence-electron chi connectivity index (χ0n) is 13.3. The van der Waals surface area contributed by atoms with E-state index in [1.165, 1.54) is 5.69 Å². The van der Waals surface area contributed by atoms with Gasteiger partial charge in [0.05, 0.1) is 12.7 Å². The third-order valence-electron chi connectivity index (χ3n) is 4.54. The largest absolute Gasteiger partial charge is 0.373 e. The fourth-order valence-electron chi connectivity index (χ4n) is 3.23. The van der Waals surface area contributed by atoms with Gasteiger partial charge in [-0.2, -0.15) is 0 Å². The highest BCUT2D eigenvalue weighted by atomic mass is 16.5. The highest BCUT2D eigenvalue weighted by Gasteiger charge is 2.25. The maximum atomic E-state index is 11.5. The van der Waals surface area contributed by atoms with Crippen molar-refractivity contribution >= 4 is 11.6 Å². The highest BCUT2D eigenvalue weighted by Crippen LogP contribution is 2.16. The summed E-state index contributed by atoms with van der Waals surface area (Å²) in [6.07, 6.45) is 0.154. The van der Waals surface area contributed by atoms with Gasteiger partial charge in [0, 0.05) is 58.4 Å². The van der Waals surface area contributed by atoms with E-state index in [4.69, 9.17) is 4.74 Å². The molecule has 1 amide bonds. The van der Waals surface area contributed by atoms with Crippen molar-refractivity contribution in [3.8, 4) is 0 Å². The first-order chi connectivity index (χ1) is 10.7. The second kappa shape index (κ2) is 7.11. The van der Waals surface area contributed by atoms with E-state index in [2.05, 4.69) is 40.1 Å². The molecule has 2 heterocycles. The number of anilines is 1. The highest BCUT2D eigenvalue weighted by molar-refractivity contribution is 5.73. The van der Waals surface area contributed by atoms with E-state index in [0.717, 1.165) is 45.8 Å². The topological polar surface area (TPSA) is 36.0 Å². The molecule has 0 N–H and O–H groups in total. The molecule has 1 atom stereocenters. The number of benzene rings is 1. The number of para-hydroxylation sites is 1. The van der Waals surface area contributed by atoms with Crippen molar-refractivity contribution in [2.75, 3.05) is 57.3 Å². The summed E-state index contributed by atoms with van der Waals surface area (Å²) < 4.78 is 5.82. The number of nitrogens with zero attached hydrogens (tertiary/aromatic N) is 3. The Bertz CT molecular complexity index is 486. The van der Waals surface area contributed by atoms with Crippen molar-refractivity contribution in [3.63, 3.8) is 0 Å². The van der Waals surface area contributed by atoms with Gasteiger partial charge in [-0.25, -0.2) is 0 Å². The number of carbonyl (C=O) groups excluding carboxylic acids is 1. The second-order valence-electron chi connectivity index (χ2n) is 6.08. The van der Waals surface area contributed by atoms with Gasteiger partial charge in [0.1, 0.15) is 0 Å². The van der Waals surface area contributed by atoms with Gasteiger partial charge in [0.2, 0.25) is 5.91 Å². The Morgan fingerprint density at radius 2 is 1.86 bits per heavy atom. The number of hydrogen-bond donors (Lipinski definition) is 0. The van der Waals surface area contributed by atoms with Gasteiger partial charge >= 0.3 is 0 Å². The molecule has 2 aliphatic heterocycles. The predicted molar refractivity (Wildman–Crippen MR) is 87.1 cm³/mol. The normalized spacial score (nSPS) is 23.6. The molecule has 1 aromatic rings. The third-order valence-corrected chi connectivity index (χ3v) is 4.54. The van der Waals surface area contributed by atoms with Crippen LogP contribution in [0, 0.1) is 0 Å². The first-order valence-electron chi connectivity index (χ1n) is 8.12. The van der Waals surface area contributed by atoms with Gasteiger partial charge in [-0.1, -0.05) is 18.2 Å². The summed E-state index contributed by atoms with van der Waals surface area (Å²) in [6, 6.07) is 10.6. The Morgan fingerprint density at radius 1 is 1.14 bits per heavy atom. The summed E-state index contributed by atoms with van der Waals surface area (Å²) in [7, 11) is 0. The number of morpholine rings is 1. The summed E-state index contributed by atoms with van der Waals surface area (Å²) in [5, 5.41) is 0. The molecule has 5 nitrogen and oxygen atoms in total. The molecule has 2 fully saturated rings. The molecule has 3 rings (SSSR count). The van der Waals surface area contributed by atoms with Gasteiger partial charge < -0.3 is 14.5 Å². The van der Waals surface area contributed by atoms with E-state index in [1.807, 2.05) is 4.90 Å². The molecule has 0 radical (unpaired) electrons. The van der Waals surface area contributed by atoms with Crippen LogP contribution in [-0.4, -0.2) is 74.2 Å². The number of piperazine rings is 1. The summed E-state index contributed by atoms with van der Waals surface area (Å²) >= 11 is 0. The molecule has 1 aromatic carbocycles. The fourth-order valence-corrected chi connectivity index (χ4v) is 3.23. The van der Waals surface area contributed by atoms with E-state index >= 15 is 0 Å². The van der Waals surface area contributed by atoms with Gasteiger partial charge in [-0.15, -0.1) is 0 Å². The molecule has 5 heteroatoms. The van der Waals surface area contributed by atoms with E-state index in [-0.39, 0.29) is 12.0 Å². The lowest BCUT2D eigenvalue weighted by Crippen LogP contribution is -2.53. The van der Waals surface area contributed by atoms with Crippen molar-refractivity contribution in [1.29, 1.82) is 0 Å². The van der Waals surface area contributed by atoms with Crippen LogP contribution in [0.1, 0.15) is 6.92 Å². The minimum absolute atomic E-state index is 0.154. The molecule has 2 saturated heterocycles. The maximum absolute atomic E-state index is 11.5. The molecule has 120 valence electrons. The quantitative estimate of drug-likeness (QED) is 0.836. The number of rotatable bonds is 3. The molecule has 0 aromatic heterocycles. The minimum atomic E-state index is 0.154. The Labute approximate surface area is 132 Å². The molecule has 22 heavy (non-hydrogen) atoms. The fraction of sp³-hybridized carbons (Fsp3) is 0.588. The van der Waals surface area contributed by atoms with Crippen molar-refractivity contribution < 1.29 is 9.53 Å². The minimum Gasteiger partial charge on any atom is -0.373 e. The Kier molecular flexibility index (Phi) is 4.95. The number of amides is 1. The van der Waals surface area contributed by atoms with Crippen LogP contribution < -0.4 is 4.90 Å². The number of ether oxygens (including phenoxy) is 1. The molecular weight excluding hydrogens is 278 g/mol. The van der Waals surface area contributed by atoms with Crippen LogP contribution in [0.25, 0.3) is 0 Å². The molecular formula is C17H25N3O2. The second-order valence-corrected chi connectivity index (χ2v) is 6.08. The van der Waals surface area contributed by atoms with E-state index in [1.54, 1.807) is 6.92 Å². The van der Waals surface area contributed by atoms with Gasteiger partial charge in [-0.05, 0) is 12.1 Å². The lowest BCUT2D eigenvalue weighted by atomic mass is 10.2. The Hall–Kier alpha value is -1.59. The lowest BCUT2D eigenvalue weighted by Gasteiger charge is -2.39. The van der Waals surface area contributed by atoms with Crippen LogP contribution in [0.4, 0.5) is 5.69 Å². The molecule has 1 unspecified atom stereocenters. The van der Waals surface area contributed by atoms with Crippen molar-refractivity contribution in [2.45, 2.75) is 13.0 Å². The lowest BCUT2D eigenvalue weighted by molar-refractivity contribution is -0.137. The monoisotopic (exact) mass is 303 g/mol. The molecule has 0 bridgehead atoms. The smallest absolute Gasteiger partial charge is 0.219 e. The number of carbonyl (C=O) groups is 1. The molecule has 2 aliphatic rings. The average molecular weight is 303 g/mol. The van der Waals surface area contributed by atoms with Crippen molar-refractivity contribution in [2.24, 2.45) is 0 Å². The van der Waals surface area contributed by atoms with Gasteiger partial charge in [0.25, 0.3) is 0 Å². The Balaban J connectivity index is 1.47. The average Bonchev–Trinajstić information content (AvgIpc) is 2.56. The summed E-state index contributed by atoms with van der Waals surface area (Å²) in [5.74, 6) is 0.155. The zero-order valence-corrected chi connectivity index (χ0v) is 13.3. The van der Waals surface area contributed by atoms with Crippen LogP contribution in [0.2, 0.25) is 0 Å². The molecule has 0 saturated carbocycles. The predicted octanol–water partition coefficient (Wildman–Crippen LogP) is 1.06. The van der Waals surface area contributed by atoms with E-state index in [0.29, 0.717) is 6.61 Å². The Morgan fingerprint density at radius 3 is 2.55 bits per heavy atom. The van der Waals surface area contributed by atoms with Crippen LogP contribution in [0.3, 0.4) is 0 Å². The van der Waals surface area contributed by atoms with Crippen molar-refractivity contribution in [3.05, 3.63) is 30.3 Å². The SMILES string of the molecule is CC(=O)N1CCOC(CN2CCN(c3ccccc3)CC2)C1. The van der Waals surface area contributed by atoms with Crippen LogP contribution in [-0.2, 0) is 9.53 Å². The molecule has 0 aliphatic carbocycles. The van der Waals surface area contributed by atoms with Crippen LogP contribution in [0.15, 0.2) is 30.3 Å². The van der Waals surface area contributed by atoms with Crippen LogP contribution in [0.5, 0.6) is 0 Å². The third kappa shape index (κ3) is 3.78. The van der Waals surface area contributed by atoms with E-state index in [9.17, 15) is 4.79 Å². The maximum Gasteiger partial charge on any atom is 0.219 e. The van der Waals surface area contributed by atoms with Gasteiger partial charge in [0.15, 0.2) is 0 Å². The summed E-state index contributed by atoms with van der Waals surface area (Å²) in [5.41, 5.74) is 1.30. The van der Waals surface area contributed by atoms with Gasteiger partial charge in [-0.3, -0.25) is 9.69 Å². The van der Waals surface area contributed by atoms with Crippen LogP contribution >= 0.6 is 0 Å². The number of hydrogen-bond acceptors (Lipinski definition) is 4. The van der Waals surface area contributed by atoms with Crippen molar-refractivity contribution in [1.82, 2.24) is 9.80 Å². The van der Waals surface area contributed by atoms with E-state index < -0.39 is 0 Å². The zero-order chi connectivity index (χ0) is 15.4. The first-order valence-corrected chi connectivity index (χ1v) is 8.12.